The van der Waals surface area contributed by atoms with Crippen molar-refractivity contribution in [1.82, 2.24) is 9.47 Å². The van der Waals surface area contributed by atoms with Gasteiger partial charge in [0.05, 0.1) is 0 Å². The van der Waals surface area contributed by atoms with Gasteiger partial charge >= 0.3 is 0 Å². The van der Waals surface area contributed by atoms with E-state index >= 15 is 0 Å². The molecule has 0 radical (unpaired) electrons. The van der Waals surface area contributed by atoms with Crippen LogP contribution in [0, 0.1) is 0 Å². The van der Waals surface area contributed by atoms with Crippen LogP contribution in [-0.4, -0.2) is 36.5 Å². The average molecular weight is 271 g/mol. The second-order valence-electron chi connectivity index (χ2n) is 5.23. The van der Waals surface area contributed by atoms with Crippen molar-refractivity contribution in [2.75, 3.05) is 26.0 Å². The summed E-state index contributed by atoms with van der Waals surface area (Å²) in [7, 11) is 7.74. The number of aromatic nitrogens is 1. The van der Waals surface area contributed by atoms with Gasteiger partial charge in [-0.2, -0.15) is 0 Å². The molecule has 1 heterocycles. The molecule has 106 valence electrons. The molecule has 2 rings (SSSR count). The van der Waals surface area contributed by atoms with Crippen molar-refractivity contribution in [3.05, 3.63) is 53.9 Å². The Bertz CT molecular complexity index is 584. The van der Waals surface area contributed by atoms with Crippen LogP contribution in [0.1, 0.15) is 16.1 Å². The van der Waals surface area contributed by atoms with Crippen LogP contribution in [0.5, 0.6) is 0 Å². The molecule has 0 bridgehead atoms. The van der Waals surface area contributed by atoms with Gasteiger partial charge in [0, 0.05) is 46.6 Å². The average Bonchev–Trinajstić information content (AvgIpc) is 2.84. The highest BCUT2D eigenvalue weighted by molar-refractivity contribution is 5.92. The SMILES string of the molecule is CN(Cc1ccc(N(C)C)cc1)C(=O)c1cccn1C. The number of amides is 1. The number of carbonyl (C=O) groups excluding carboxylic acids is 1. The molecule has 0 fully saturated rings. The maximum Gasteiger partial charge on any atom is 0.270 e. The lowest BCUT2D eigenvalue weighted by Crippen LogP contribution is -2.27. The fraction of sp³-hybridized carbons (Fsp3) is 0.312. The smallest absolute Gasteiger partial charge is 0.270 e. The van der Waals surface area contributed by atoms with Gasteiger partial charge in [-0.15, -0.1) is 0 Å². The third-order valence-electron chi connectivity index (χ3n) is 3.38. The number of benzene rings is 1. The first-order valence-corrected chi connectivity index (χ1v) is 6.62. The Balaban J connectivity index is 2.06. The number of anilines is 1. The Labute approximate surface area is 120 Å². The zero-order chi connectivity index (χ0) is 14.7. The third-order valence-corrected chi connectivity index (χ3v) is 3.38. The lowest BCUT2D eigenvalue weighted by molar-refractivity contribution is 0.0775. The van der Waals surface area contributed by atoms with Gasteiger partial charge in [0.2, 0.25) is 0 Å². The molecule has 1 aromatic heterocycles. The van der Waals surface area contributed by atoms with E-state index in [9.17, 15) is 4.79 Å². The zero-order valence-corrected chi connectivity index (χ0v) is 12.5. The molecule has 0 unspecified atom stereocenters. The van der Waals surface area contributed by atoms with Gasteiger partial charge in [-0.05, 0) is 29.8 Å². The van der Waals surface area contributed by atoms with Crippen LogP contribution in [0.25, 0.3) is 0 Å². The van der Waals surface area contributed by atoms with Crippen LogP contribution in [0.3, 0.4) is 0 Å². The molecule has 0 saturated heterocycles. The third kappa shape index (κ3) is 3.02. The van der Waals surface area contributed by atoms with Gasteiger partial charge in [0.15, 0.2) is 0 Å². The van der Waals surface area contributed by atoms with Crippen molar-refractivity contribution in [3.63, 3.8) is 0 Å². The molecule has 2 aromatic rings. The van der Waals surface area contributed by atoms with Crippen LogP contribution < -0.4 is 4.90 Å². The van der Waals surface area contributed by atoms with E-state index in [0.717, 1.165) is 11.3 Å². The Morgan fingerprint density at radius 3 is 2.25 bits per heavy atom. The van der Waals surface area contributed by atoms with E-state index < -0.39 is 0 Å². The molecule has 0 atom stereocenters. The second kappa shape index (κ2) is 5.82. The molecule has 1 amide bonds. The summed E-state index contributed by atoms with van der Waals surface area (Å²) in [4.78, 5) is 16.1. The van der Waals surface area contributed by atoms with Crippen molar-refractivity contribution < 1.29 is 4.79 Å². The predicted molar refractivity (Wildman–Crippen MR) is 82.0 cm³/mol. The number of rotatable bonds is 4. The van der Waals surface area contributed by atoms with Gasteiger partial charge in [0.1, 0.15) is 5.69 Å². The molecule has 0 aliphatic rings. The van der Waals surface area contributed by atoms with Gasteiger partial charge < -0.3 is 14.4 Å². The molecule has 1 aromatic carbocycles. The van der Waals surface area contributed by atoms with E-state index in [4.69, 9.17) is 0 Å². The van der Waals surface area contributed by atoms with Gasteiger partial charge in [0.25, 0.3) is 5.91 Å². The molecule has 4 nitrogen and oxygen atoms in total. The summed E-state index contributed by atoms with van der Waals surface area (Å²) in [5.41, 5.74) is 2.99. The fourth-order valence-electron chi connectivity index (χ4n) is 2.12. The van der Waals surface area contributed by atoms with Gasteiger partial charge in [-0.1, -0.05) is 12.1 Å². The normalized spacial score (nSPS) is 10.4. The summed E-state index contributed by atoms with van der Waals surface area (Å²) >= 11 is 0. The van der Waals surface area contributed by atoms with Gasteiger partial charge in [-0.25, -0.2) is 0 Å². The first kappa shape index (κ1) is 14.2. The topological polar surface area (TPSA) is 28.5 Å². The number of hydrogen-bond donors (Lipinski definition) is 0. The van der Waals surface area contributed by atoms with Crippen LogP contribution in [-0.2, 0) is 13.6 Å². The molecule has 0 saturated carbocycles. The van der Waals surface area contributed by atoms with Crippen LogP contribution >= 0.6 is 0 Å². The molecular weight excluding hydrogens is 250 g/mol. The lowest BCUT2D eigenvalue weighted by atomic mass is 10.2. The molecule has 4 heteroatoms. The Hall–Kier alpha value is -2.23. The number of aryl methyl sites for hydroxylation is 1. The molecule has 0 N–H and O–H groups in total. The van der Waals surface area contributed by atoms with E-state index in [1.54, 1.807) is 4.90 Å². The summed E-state index contributed by atoms with van der Waals surface area (Å²) in [5, 5.41) is 0. The highest BCUT2D eigenvalue weighted by atomic mass is 16.2. The second-order valence-corrected chi connectivity index (χ2v) is 5.23. The van der Waals surface area contributed by atoms with E-state index in [1.165, 1.54) is 0 Å². The predicted octanol–water partition coefficient (Wildman–Crippen LogP) is 2.36. The van der Waals surface area contributed by atoms with E-state index in [2.05, 4.69) is 29.2 Å². The van der Waals surface area contributed by atoms with Crippen molar-refractivity contribution >= 4 is 11.6 Å². The van der Waals surface area contributed by atoms with E-state index in [0.29, 0.717) is 12.2 Å². The van der Waals surface area contributed by atoms with E-state index in [-0.39, 0.29) is 5.91 Å². The first-order chi connectivity index (χ1) is 9.49. The van der Waals surface area contributed by atoms with Crippen molar-refractivity contribution in [2.24, 2.45) is 7.05 Å². The number of hydrogen-bond acceptors (Lipinski definition) is 2. The highest BCUT2D eigenvalue weighted by Gasteiger charge is 2.14. The standard InChI is InChI=1S/C16H21N3O/c1-17(2)14-9-7-13(8-10-14)12-19(4)16(20)15-6-5-11-18(15)3/h5-11H,12H2,1-4H3. The van der Waals surface area contributed by atoms with Crippen LogP contribution in [0.15, 0.2) is 42.6 Å². The van der Waals surface area contributed by atoms with Crippen molar-refractivity contribution in [2.45, 2.75) is 6.54 Å². The zero-order valence-electron chi connectivity index (χ0n) is 12.5. The quantitative estimate of drug-likeness (QED) is 0.854. The molecule has 0 spiro atoms. The number of nitrogens with zero attached hydrogens (tertiary/aromatic N) is 3. The summed E-state index contributed by atoms with van der Waals surface area (Å²) < 4.78 is 1.84. The molecule has 20 heavy (non-hydrogen) atoms. The maximum atomic E-state index is 12.3. The Kier molecular flexibility index (Phi) is 4.13. The van der Waals surface area contributed by atoms with Crippen molar-refractivity contribution in [1.29, 1.82) is 0 Å². The monoisotopic (exact) mass is 271 g/mol. The summed E-state index contributed by atoms with van der Waals surface area (Å²) in [5.74, 6) is 0.0363. The maximum absolute atomic E-state index is 12.3. The fourth-order valence-corrected chi connectivity index (χ4v) is 2.12. The van der Waals surface area contributed by atoms with Crippen LogP contribution in [0.4, 0.5) is 5.69 Å². The largest absolute Gasteiger partial charge is 0.378 e. The van der Waals surface area contributed by atoms with E-state index in [1.807, 2.05) is 51.1 Å². The molecule has 0 aliphatic heterocycles. The Morgan fingerprint density at radius 1 is 1.10 bits per heavy atom. The number of carbonyl (C=O) groups is 1. The first-order valence-electron chi connectivity index (χ1n) is 6.62. The van der Waals surface area contributed by atoms with Crippen LogP contribution in [0.2, 0.25) is 0 Å². The minimum Gasteiger partial charge on any atom is -0.378 e. The highest BCUT2D eigenvalue weighted by Crippen LogP contribution is 2.14. The van der Waals surface area contributed by atoms with Crippen molar-refractivity contribution in [3.8, 4) is 0 Å². The lowest BCUT2D eigenvalue weighted by Gasteiger charge is -2.18. The molecule has 0 aliphatic carbocycles. The summed E-state index contributed by atoms with van der Waals surface area (Å²) in [6.07, 6.45) is 1.88. The van der Waals surface area contributed by atoms with Gasteiger partial charge in [-0.3, -0.25) is 4.79 Å². The summed E-state index contributed by atoms with van der Waals surface area (Å²) in [6, 6.07) is 12.0. The molecular formula is C16H21N3O. The Morgan fingerprint density at radius 2 is 1.75 bits per heavy atom. The minimum absolute atomic E-state index is 0.0363. The minimum atomic E-state index is 0.0363. The summed E-state index contributed by atoms with van der Waals surface area (Å²) in [6.45, 7) is 0.609.